The Morgan fingerprint density at radius 3 is 0.714 bits per heavy atom. The van der Waals surface area contributed by atoms with Gasteiger partial charge in [0.1, 0.15) is 17.2 Å². The molecular weight excluding hydrogens is 671 g/mol. The molecule has 0 aliphatic carbocycles. The van der Waals surface area contributed by atoms with Gasteiger partial charge in [-0.3, -0.25) is 0 Å². The molecule has 35 heavy (non-hydrogen) atoms. The average molecular weight is 701 g/mol. The Morgan fingerprint density at radius 1 is 0.486 bits per heavy atom. The van der Waals surface area contributed by atoms with Gasteiger partial charge in [-0.05, 0) is 111 Å². The van der Waals surface area contributed by atoms with Gasteiger partial charge in [0.25, 0.3) is 0 Å². The monoisotopic (exact) mass is 698 g/mol. The van der Waals surface area contributed by atoms with Crippen molar-refractivity contribution in [2.45, 2.75) is 41.5 Å². The van der Waals surface area contributed by atoms with Crippen LogP contribution in [0.5, 0.6) is 17.2 Å². The number of benzene rings is 3. The van der Waals surface area contributed by atoms with Crippen molar-refractivity contribution in [3.8, 4) is 17.2 Å². The Hall–Kier alpha value is -1.39. The van der Waals surface area contributed by atoms with Crippen LogP contribution in [0.15, 0.2) is 49.8 Å². The molecule has 0 saturated carbocycles. The Morgan fingerprint density at radius 2 is 0.600 bits per heavy atom. The van der Waals surface area contributed by atoms with Crippen molar-refractivity contribution in [2.24, 2.45) is 0 Å². The first-order valence-corrected chi connectivity index (χ1v) is 13.9. The fourth-order valence-electron chi connectivity index (χ4n) is 2.71. The van der Waals surface area contributed by atoms with Gasteiger partial charge >= 0.3 is 7.82 Å². The van der Waals surface area contributed by atoms with E-state index in [-0.39, 0.29) is 0 Å². The molecule has 0 amide bonds. The summed E-state index contributed by atoms with van der Waals surface area (Å²) in [4.78, 5) is 21.6. The summed E-state index contributed by atoms with van der Waals surface area (Å²) in [5.41, 5.74) is 5.45. The zero-order chi connectivity index (χ0) is 27.7. The molecule has 0 fully saturated rings. The van der Waals surface area contributed by atoms with Crippen LogP contribution in [0.25, 0.3) is 0 Å². The van der Waals surface area contributed by atoms with Crippen molar-refractivity contribution in [3.05, 3.63) is 83.2 Å². The second-order valence-corrected chi connectivity index (χ2v) is 11.5. The number of halogens is 3. The molecule has 0 aromatic heterocycles. The van der Waals surface area contributed by atoms with Crippen LogP contribution in [0.2, 0.25) is 0 Å². The predicted molar refractivity (Wildman–Crippen MR) is 150 cm³/mol. The molecule has 0 radical (unpaired) electrons. The van der Waals surface area contributed by atoms with Gasteiger partial charge < -0.3 is 30.0 Å². The fraction of sp³-hybridized carbons (Fsp3) is 0.250. The lowest BCUT2D eigenvalue weighted by Gasteiger charge is -2.02. The predicted octanol–water partition coefficient (Wildman–Crippen LogP) is 7.39. The summed E-state index contributed by atoms with van der Waals surface area (Å²) in [5.74, 6) is 1.18. The Balaban J connectivity index is 0.000000453. The summed E-state index contributed by atoms with van der Waals surface area (Å²) in [6.07, 6.45) is 0. The highest BCUT2D eigenvalue weighted by atomic mass is 79.9. The summed E-state index contributed by atoms with van der Waals surface area (Å²) in [6, 6.07) is 11.3. The van der Waals surface area contributed by atoms with Crippen LogP contribution in [0.1, 0.15) is 33.4 Å². The third-order valence-electron chi connectivity index (χ3n) is 4.37. The minimum atomic E-state index is -4.64. The number of phosphoric acid groups is 1. The van der Waals surface area contributed by atoms with Crippen molar-refractivity contribution < 1.29 is 34.6 Å². The Bertz CT molecular complexity index is 985. The maximum absolute atomic E-state index is 9.31. The molecule has 0 aliphatic heterocycles. The standard InChI is InChI=1S/3C8H9BrO.H3O4P/c3*1-5-3-7(9)4-6(2)8(5)10;1-5(2,3)4/h3*3-4,10H,1-2H3;(H3,1,2,3,4). The van der Waals surface area contributed by atoms with E-state index in [0.29, 0.717) is 17.2 Å². The van der Waals surface area contributed by atoms with Crippen molar-refractivity contribution >= 4 is 55.6 Å². The first-order chi connectivity index (χ1) is 15.8. The lowest BCUT2D eigenvalue weighted by atomic mass is 10.1. The van der Waals surface area contributed by atoms with E-state index in [0.717, 1.165) is 46.8 Å². The smallest absolute Gasteiger partial charge is 0.466 e. The highest BCUT2D eigenvalue weighted by Crippen LogP contribution is 2.27. The van der Waals surface area contributed by atoms with Gasteiger partial charge in [0.2, 0.25) is 0 Å². The molecule has 6 N–H and O–H groups in total. The van der Waals surface area contributed by atoms with Crippen LogP contribution >= 0.6 is 55.6 Å². The Kier molecular flexibility index (Phi) is 14.4. The molecule has 3 rings (SSSR count). The fourth-order valence-corrected chi connectivity index (χ4v) is 4.77. The molecule has 194 valence electrons. The SMILES string of the molecule is Cc1cc(Br)cc(C)c1O.Cc1cc(Br)cc(C)c1O.Cc1cc(Br)cc(C)c1O.O=P(O)(O)O. The molecule has 0 spiro atoms. The van der Waals surface area contributed by atoms with E-state index in [1.165, 1.54) is 0 Å². The molecule has 0 saturated heterocycles. The molecular formula is C24H30Br3O7P. The van der Waals surface area contributed by atoms with E-state index in [1.54, 1.807) is 0 Å². The average Bonchev–Trinajstić information content (AvgIpc) is 2.68. The highest BCUT2D eigenvalue weighted by molar-refractivity contribution is 9.11. The molecule has 7 nitrogen and oxygen atoms in total. The van der Waals surface area contributed by atoms with Crippen LogP contribution in [-0.2, 0) is 4.57 Å². The number of aromatic hydroxyl groups is 3. The van der Waals surface area contributed by atoms with E-state index in [1.807, 2.05) is 77.9 Å². The van der Waals surface area contributed by atoms with Crippen molar-refractivity contribution in [1.29, 1.82) is 0 Å². The van der Waals surface area contributed by atoms with E-state index >= 15 is 0 Å². The summed E-state index contributed by atoms with van der Waals surface area (Å²) in [5, 5.41) is 27.9. The summed E-state index contributed by atoms with van der Waals surface area (Å²) >= 11 is 10.0. The van der Waals surface area contributed by atoms with E-state index in [4.69, 9.17) is 19.2 Å². The van der Waals surface area contributed by atoms with Gasteiger partial charge in [0.05, 0.1) is 0 Å². The number of aryl methyl sites for hydroxylation is 6. The van der Waals surface area contributed by atoms with Crippen molar-refractivity contribution in [1.82, 2.24) is 0 Å². The molecule has 0 bridgehead atoms. The first-order valence-electron chi connectivity index (χ1n) is 9.98. The van der Waals surface area contributed by atoms with Crippen molar-refractivity contribution in [3.63, 3.8) is 0 Å². The van der Waals surface area contributed by atoms with E-state index in [2.05, 4.69) is 47.8 Å². The van der Waals surface area contributed by atoms with Crippen molar-refractivity contribution in [2.75, 3.05) is 0 Å². The highest BCUT2D eigenvalue weighted by Gasteiger charge is 2.02. The zero-order valence-corrected chi connectivity index (χ0v) is 25.8. The lowest BCUT2D eigenvalue weighted by Crippen LogP contribution is -1.79. The van der Waals surface area contributed by atoms with Gasteiger partial charge in [-0.2, -0.15) is 0 Å². The molecule has 0 aliphatic rings. The number of rotatable bonds is 0. The largest absolute Gasteiger partial charge is 0.507 e. The van der Waals surface area contributed by atoms with E-state index < -0.39 is 7.82 Å². The minimum Gasteiger partial charge on any atom is -0.507 e. The molecule has 3 aromatic carbocycles. The van der Waals surface area contributed by atoms with Gasteiger partial charge in [-0.25, -0.2) is 4.57 Å². The second-order valence-electron chi connectivity index (χ2n) is 7.68. The topological polar surface area (TPSA) is 138 Å². The van der Waals surface area contributed by atoms with Gasteiger partial charge in [-0.1, -0.05) is 47.8 Å². The molecule has 3 aromatic rings. The van der Waals surface area contributed by atoms with Crippen LogP contribution in [0.4, 0.5) is 0 Å². The quantitative estimate of drug-likeness (QED) is 0.135. The Labute approximate surface area is 231 Å². The van der Waals surface area contributed by atoms with Crippen LogP contribution in [0.3, 0.4) is 0 Å². The van der Waals surface area contributed by atoms with Gasteiger partial charge in [-0.15, -0.1) is 0 Å². The first kappa shape index (κ1) is 33.6. The normalized spacial score (nSPS) is 10.2. The maximum Gasteiger partial charge on any atom is 0.466 e. The number of phenols is 3. The second kappa shape index (κ2) is 15.0. The third kappa shape index (κ3) is 14.1. The summed E-state index contributed by atoms with van der Waals surface area (Å²) in [6.45, 7) is 11.3. The summed E-state index contributed by atoms with van der Waals surface area (Å²) < 4.78 is 11.9. The number of phenolic OH excluding ortho intramolecular Hbond substituents is 3. The minimum absolute atomic E-state index is 0.392. The summed E-state index contributed by atoms with van der Waals surface area (Å²) in [7, 11) is -4.64. The number of hydrogen-bond acceptors (Lipinski definition) is 4. The lowest BCUT2D eigenvalue weighted by molar-refractivity contribution is 0.275. The zero-order valence-electron chi connectivity index (χ0n) is 20.1. The molecule has 0 unspecified atom stereocenters. The third-order valence-corrected chi connectivity index (χ3v) is 5.74. The number of hydrogen-bond donors (Lipinski definition) is 6. The molecule has 0 heterocycles. The van der Waals surface area contributed by atoms with E-state index in [9.17, 15) is 15.3 Å². The molecule has 11 heteroatoms. The van der Waals surface area contributed by atoms with Crippen LogP contribution in [-0.4, -0.2) is 30.0 Å². The van der Waals surface area contributed by atoms with Crippen LogP contribution < -0.4 is 0 Å². The molecule has 0 atom stereocenters. The van der Waals surface area contributed by atoms with Gasteiger partial charge in [0, 0.05) is 13.4 Å². The maximum atomic E-state index is 9.31. The van der Waals surface area contributed by atoms with Crippen LogP contribution in [0, 0.1) is 41.5 Å². The van der Waals surface area contributed by atoms with Gasteiger partial charge in [0.15, 0.2) is 0 Å².